The summed E-state index contributed by atoms with van der Waals surface area (Å²) in [5.74, 6) is -0.558. The molecule has 3 N–H and O–H groups in total. The lowest BCUT2D eigenvalue weighted by Gasteiger charge is -2.27. The molecule has 2 aromatic rings. The summed E-state index contributed by atoms with van der Waals surface area (Å²) in [5.41, 5.74) is 3.07. The van der Waals surface area contributed by atoms with Crippen LogP contribution in [0.25, 0.3) is 0 Å². The van der Waals surface area contributed by atoms with E-state index >= 15 is 0 Å². The Morgan fingerprint density at radius 1 is 1.08 bits per heavy atom. The zero-order valence-electron chi connectivity index (χ0n) is 14.7. The van der Waals surface area contributed by atoms with Gasteiger partial charge < -0.3 is 15.5 Å². The second-order valence-corrected chi connectivity index (χ2v) is 6.87. The Hall–Kier alpha value is -2.33. The molecule has 0 heterocycles. The molecule has 0 amide bonds. The number of aromatic hydroxyl groups is 2. The Labute approximate surface area is 143 Å². The van der Waals surface area contributed by atoms with E-state index in [1.165, 1.54) is 17.2 Å². The first kappa shape index (κ1) is 18.0. The molecule has 4 nitrogen and oxygen atoms in total. The third-order valence-corrected chi connectivity index (χ3v) is 4.33. The van der Waals surface area contributed by atoms with Crippen LogP contribution in [0.4, 0.5) is 0 Å². The maximum Gasteiger partial charge on any atom is 0.177 e. The number of carbonyl (C=O) groups is 1. The van der Waals surface area contributed by atoms with Gasteiger partial charge in [-0.15, -0.1) is 0 Å². The lowest BCUT2D eigenvalue weighted by atomic mass is 9.92. The highest BCUT2D eigenvalue weighted by Crippen LogP contribution is 2.30. The van der Waals surface area contributed by atoms with Crippen molar-refractivity contribution < 1.29 is 15.0 Å². The van der Waals surface area contributed by atoms with E-state index in [1.807, 2.05) is 12.1 Å². The third-order valence-electron chi connectivity index (χ3n) is 4.33. The molecule has 2 aromatic carbocycles. The number of nitrogens with one attached hydrogen (secondary N) is 1. The van der Waals surface area contributed by atoms with Crippen molar-refractivity contribution in [3.05, 3.63) is 58.7 Å². The number of phenols is 2. The molecule has 0 aromatic heterocycles. The minimum atomic E-state index is -0.241. The summed E-state index contributed by atoms with van der Waals surface area (Å²) >= 11 is 0. The highest BCUT2D eigenvalue weighted by atomic mass is 16.3. The SMILES string of the molecule is Cc1ccccc1CC(C)(C)NCC(=O)c1ccc(O)c(O)c1C. The molecule has 0 radical (unpaired) electrons. The normalized spacial score (nSPS) is 11.5. The van der Waals surface area contributed by atoms with Gasteiger partial charge in [0.25, 0.3) is 0 Å². The van der Waals surface area contributed by atoms with Crippen LogP contribution in [0.2, 0.25) is 0 Å². The largest absolute Gasteiger partial charge is 0.504 e. The molecule has 0 saturated heterocycles. The fourth-order valence-electron chi connectivity index (χ4n) is 2.75. The van der Waals surface area contributed by atoms with Crippen molar-refractivity contribution in [2.24, 2.45) is 0 Å². The number of hydrogen-bond donors (Lipinski definition) is 3. The van der Waals surface area contributed by atoms with Gasteiger partial charge in [-0.3, -0.25) is 4.79 Å². The molecule has 128 valence electrons. The average Bonchev–Trinajstić information content (AvgIpc) is 2.53. The fraction of sp³-hybridized carbons (Fsp3) is 0.350. The number of aryl methyl sites for hydroxylation is 1. The number of ketones is 1. The molecule has 4 heteroatoms. The minimum absolute atomic E-state index is 0.111. The van der Waals surface area contributed by atoms with Gasteiger partial charge in [-0.2, -0.15) is 0 Å². The van der Waals surface area contributed by atoms with Crippen LogP contribution in [-0.4, -0.2) is 28.1 Å². The zero-order chi connectivity index (χ0) is 17.9. The van der Waals surface area contributed by atoms with E-state index in [0.717, 1.165) is 6.42 Å². The van der Waals surface area contributed by atoms with Crippen molar-refractivity contribution in [2.45, 2.75) is 39.7 Å². The monoisotopic (exact) mass is 327 g/mol. The summed E-state index contributed by atoms with van der Waals surface area (Å²) in [6, 6.07) is 11.1. The van der Waals surface area contributed by atoms with Crippen molar-refractivity contribution in [3.63, 3.8) is 0 Å². The Balaban J connectivity index is 2.05. The van der Waals surface area contributed by atoms with Crippen LogP contribution in [0, 0.1) is 13.8 Å². The summed E-state index contributed by atoms with van der Waals surface area (Å²) in [6.07, 6.45) is 0.812. The number of phenolic OH excluding ortho intramolecular Hbond substituents is 2. The molecule has 0 aliphatic carbocycles. The Morgan fingerprint density at radius 2 is 1.75 bits per heavy atom. The second-order valence-electron chi connectivity index (χ2n) is 6.87. The number of Topliss-reactive ketones (excluding diaryl/α,β-unsaturated/α-hetero) is 1. The van der Waals surface area contributed by atoms with Crippen LogP contribution in [0.3, 0.4) is 0 Å². The number of rotatable bonds is 6. The van der Waals surface area contributed by atoms with Gasteiger partial charge >= 0.3 is 0 Å². The summed E-state index contributed by atoms with van der Waals surface area (Å²) in [5, 5.41) is 22.5. The first-order valence-corrected chi connectivity index (χ1v) is 8.05. The standard InChI is InChI=1S/C20H25NO3/c1-13-7-5-6-8-15(13)11-20(3,4)21-12-18(23)16-9-10-17(22)19(24)14(16)2/h5-10,21-22,24H,11-12H2,1-4H3. The minimum Gasteiger partial charge on any atom is -0.504 e. The Bertz CT molecular complexity index is 751. The fourth-order valence-corrected chi connectivity index (χ4v) is 2.75. The quantitative estimate of drug-likeness (QED) is 0.561. The molecule has 0 aliphatic heterocycles. The molecular weight excluding hydrogens is 302 g/mol. The van der Waals surface area contributed by atoms with Crippen molar-refractivity contribution >= 4 is 5.78 Å². The first-order chi connectivity index (χ1) is 11.2. The third kappa shape index (κ3) is 4.15. The van der Waals surface area contributed by atoms with Crippen LogP contribution >= 0.6 is 0 Å². The van der Waals surface area contributed by atoms with E-state index < -0.39 is 0 Å². The number of benzene rings is 2. The maximum absolute atomic E-state index is 12.4. The lowest BCUT2D eigenvalue weighted by molar-refractivity contribution is 0.0979. The first-order valence-electron chi connectivity index (χ1n) is 8.05. The topological polar surface area (TPSA) is 69.6 Å². The Kier molecular flexibility index (Phi) is 5.30. The smallest absolute Gasteiger partial charge is 0.177 e. The van der Waals surface area contributed by atoms with Crippen molar-refractivity contribution in [3.8, 4) is 11.5 Å². The summed E-state index contributed by atoms with van der Waals surface area (Å²) < 4.78 is 0. The van der Waals surface area contributed by atoms with E-state index in [2.05, 4.69) is 38.2 Å². The van der Waals surface area contributed by atoms with E-state index in [1.54, 1.807) is 13.0 Å². The Morgan fingerprint density at radius 3 is 2.42 bits per heavy atom. The van der Waals surface area contributed by atoms with Gasteiger partial charge in [-0.05, 0) is 57.4 Å². The van der Waals surface area contributed by atoms with Gasteiger partial charge in [-0.25, -0.2) is 0 Å². The number of hydrogen-bond acceptors (Lipinski definition) is 4. The van der Waals surface area contributed by atoms with Crippen LogP contribution in [0.5, 0.6) is 11.5 Å². The molecule has 0 aliphatic rings. The average molecular weight is 327 g/mol. The van der Waals surface area contributed by atoms with Crippen molar-refractivity contribution in [1.82, 2.24) is 5.32 Å². The van der Waals surface area contributed by atoms with E-state index in [-0.39, 0.29) is 29.4 Å². The molecule has 24 heavy (non-hydrogen) atoms. The summed E-state index contributed by atoms with van der Waals surface area (Å²) in [4.78, 5) is 12.4. The van der Waals surface area contributed by atoms with Gasteiger partial charge in [0.15, 0.2) is 17.3 Å². The summed E-state index contributed by atoms with van der Waals surface area (Å²) in [6.45, 7) is 8.01. The van der Waals surface area contributed by atoms with Crippen LogP contribution in [0.1, 0.15) is 40.9 Å². The second kappa shape index (κ2) is 7.05. The van der Waals surface area contributed by atoms with Gasteiger partial charge in [0, 0.05) is 16.7 Å². The van der Waals surface area contributed by atoms with Crippen LogP contribution in [-0.2, 0) is 6.42 Å². The molecule has 0 fully saturated rings. The van der Waals surface area contributed by atoms with Crippen LogP contribution in [0.15, 0.2) is 36.4 Å². The van der Waals surface area contributed by atoms with E-state index in [9.17, 15) is 15.0 Å². The lowest BCUT2D eigenvalue weighted by Crippen LogP contribution is -2.44. The predicted octanol–water partition coefficient (Wildman–Crippen LogP) is 3.51. The molecular formula is C20H25NO3. The summed E-state index contributed by atoms with van der Waals surface area (Å²) in [7, 11) is 0. The van der Waals surface area contributed by atoms with Gasteiger partial charge in [0.1, 0.15) is 0 Å². The van der Waals surface area contributed by atoms with E-state index in [0.29, 0.717) is 11.1 Å². The molecule has 2 rings (SSSR count). The van der Waals surface area contributed by atoms with Gasteiger partial charge in [-0.1, -0.05) is 24.3 Å². The zero-order valence-corrected chi connectivity index (χ0v) is 14.7. The number of carbonyl (C=O) groups excluding carboxylic acids is 1. The van der Waals surface area contributed by atoms with Gasteiger partial charge in [0.2, 0.25) is 0 Å². The van der Waals surface area contributed by atoms with Gasteiger partial charge in [0.05, 0.1) is 6.54 Å². The van der Waals surface area contributed by atoms with Crippen LogP contribution < -0.4 is 5.32 Å². The highest BCUT2D eigenvalue weighted by Gasteiger charge is 2.21. The van der Waals surface area contributed by atoms with Crippen molar-refractivity contribution in [2.75, 3.05) is 6.54 Å². The molecule has 0 bridgehead atoms. The molecule has 0 spiro atoms. The predicted molar refractivity (Wildman–Crippen MR) is 95.8 cm³/mol. The van der Waals surface area contributed by atoms with Crippen molar-refractivity contribution in [1.29, 1.82) is 0 Å². The highest BCUT2D eigenvalue weighted by molar-refractivity contribution is 5.99. The molecule has 0 atom stereocenters. The maximum atomic E-state index is 12.4. The molecule has 0 unspecified atom stereocenters. The van der Waals surface area contributed by atoms with E-state index in [4.69, 9.17) is 0 Å². The molecule has 0 saturated carbocycles.